The summed E-state index contributed by atoms with van der Waals surface area (Å²) in [5, 5.41) is 3.26. The van der Waals surface area contributed by atoms with Crippen molar-refractivity contribution in [1.82, 2.24) is 9.97 Å². The molecule has 1 heterocycles. The minimum absolute atomic E-state index is 0.0563. The Balaban J connectivity index is 1.88. The molecule has 0 amide bonds. The molecule has 0 saturated carbocycles. The van der Waals surface area contributed by atoms with Crippen molar-refractivity contribution in [1.29, 1.82) is 0 Å². The van der Waals surface area contributed by atoms with Gasteiger partial charge in [-0.25, -0.2) is 9.97 Å². The molecule has 0 bridgehead atoms. The van der Waals surface area contributed by atoms with Crippen LogP contribution in [0.4, 0.5) is 11.5 Å². The first kappa shape index (κ1) is 14.9. The van der Waals surface area contributed by atoms with Gasteiger partial charge in [0.1, 0.15) is 11.6 Å². The molecule has 23 heavy (non-hydrogen) atoms. The Morgan fingerprint density at radius 3 is 2.30 bits per heavy atom. The Bertz CT molecular complexity index is 827. The van der Waals surface area contributed by atoms with Gasteiger partial charge in [-0.2, -0.15) is 0 Å². The minimum atomic E-state index is 0.0563. The summed E-state index contributed by atoms with van der Waals surface area (Å²) < 4.78 is 0. The molecular weight excluding hydrogens is 286 g/mol. The standard InChI is InChI=1S/C19H17N3O/c1-13(23)15-8-10-17(11-9-15)22-19-12-18(20-14(2)21-19)16-6-4-3-5-7-16/h3-12H,1-2H3,(H,20,21,22). The Labute approximate surface area is 135 Å². The van der Waals surface area contributed by atoms with Crippen LogP contribution >= 0.6 is 0 Å². The quantitative estimate of drug-likeness (QED) is 0.726. The van der Waals surface area contributed by atoms with Crippen molar-refractivity contribution in [2.24, 2.45) is 0 Å². The summed E-state index contributed by atoms with van der Waals surface area (Å²) in [6.45, 7) is 3.43. The van der Waals surface area contributed by atoms with E-state index >= 15 is 0 Å². The zero-order valence-electron chi connectivity index (χ0n) is 13.1. The van der Waals surface area contributed by atoms with Crippen LogP contribution in [0.15, 0.2) is 60.7 Å². The van der Waals surface area contributed by atoms with Crippen molar-refractivity contribution in [3.8, 4) is 11.3 Å². The van der Waals surface area contributed by atoms with E-state index in [0.29, 0.717) is 11.4 Å². The molecule has 0 aliphatic heterocycles. The maximum atomic E-state index is 11.3. The molecule has 0 aliphatic rings. The zero-order valence-corrected chi connectivity index (χ0v) is 13.1. The SMILES string of the molecule is CC(=O)c1ccc(Nc2cc(-c3ccccc3)nc(C)n2)cc1. The van der Waals surface area contributed by atoms with Crippen molar-refractivity contribution < 1.29 is 4.79 Å². The van der Waals surface area contributed by atoms with Crippen LogP contribution in [-0.4, -0.2) is 15.8 Å². The Morgan fingerprint density at radius 1 is 0.957 bits per heavy atom. The largest absolute Gasteiger partial charge is 0.340 e. The van der Waals surface area contributed by atoms with Crippen molar-refractivity contribution in [2.45, 2.75) is 13.8 Å². The van der Waals surface area contributed by atoms with Crippen molar-refractivity contribution in [3.05, 3.63) is 72.1 Å². The van der Waals surface area contributed by atoms with Gasteiger partial charge in [0.25, 0.3) is 0 Å². The van der Waals surface area contributed by atoms with Gasteiger partial charge in [0.15, 0.2) is 5.78 Å². The number of aromatic nitrogens is 2. The second kappa shape index (κ2) is 6.40. The summed E-state index contributed by atoms with van der Waals surface area (Å²) in [5.41, 5.74) is 3.50. The maximum absolute atomic E-state index is 11.3. The number of carbonyl (C=O) groups excluding carboxylic acids is 1. The highest BCUT2D eigenvalue weighted by Crippen LogP contribution is 2.22. The molecule has 1 aromatic heterocycles. The van der Waals surface area contributed by atoms with Gasteiger partial charge in [0.05, 0.1) is 5.69 Å². The van der Waals surface area contributed by atoms with Gasteiger partial charge in [0, 0.05) is 22.9 Å². The summed E-state index contributed by atoms with van der Waals surface area (Å²) in [5.74, 6) is 1.49. The van der Waals surface area contributed by atoms with E-state index < -0.39 is 0 Å². The van der Waals surface area contributed by atoms with E-state index in [1.165, 1.54) is 0 Å². The van der Waals surface area contributed by atoms with E-state index in [0.717, 1.165) is 22.8 Å². The van der Waals surface area contributed by atoms with Gasteiger partial charge < -0.3 is 5.32 Å². The molecule has 0 saturated heterocycles. The second-order valence-corrected chi connectivity index (χ2v) is 5.31. The molecular formula is C19H17N3O. The normalized spacial score (nSPS) is 10.3. The van der Waals surface area contributed by atoms with E-state index in [4.69, 9.17) is 0 Å². The van der Waals surface area contributed by atoms with Crippen LogP contribution in [0.5, 0.6) is 0 Å². The predicted octanol–water partition coefficient (Wildman–Crippen LogP) is 4.40. The average molecular weight is 303 g/mol. The van der Waals surface area contributed by atoms with Crippen LogP contribution in [-0.2, 0) is 0 Å². The second-order valence-electron chi connectivity index (χ2n) is 5.31. The molecule has 0 aliphatic carbocycles. The van der Waals surface area contributed by atoms with E-state index in [1.807, 2.05) is 55.5 Å². The first-order valence-electron chi connectivity index (χ1n) is 7.41. The van der Waals surface area contributed by atoms with E-state index in [-0.39, 0.29) is 5.78 Å². The van der Waals surface area contributed by atoms with Gasteiger partial charge in [-0.05, 0) is 38.1 Å². The number of ketones is 1. The van der Waals surface area contributed by atoms with Gasteiger partial charge >= 0.3 is 0 Å². The highest BCUT2D eigenvalue weighted by Gasteiger charge is 2.05. The predicted molar refractivity (Wildman–Crippen MR) is 91.9 cm³/mol. The zero-order chi connectivity index (χ0) is 16.2. The number of nitrogens with zero attached hydrogens (tertiary/aromatic N) is 2. The number of hydrogen-bond acceptors (Lipinski definition) is 4. The highest BCUT2D eigenvalue weighted by atomic mass is 16.1. The minimum Gasteiger partial charge on any atom is -0.340 e. The lowest BCUT2D eigenvalue weighted by Gasteiger charge is -2.09. The fourth-order valence-corrected chi connectivity index (χ4v) is 2.32. The van der Waals surface area contributed by atoms with Gasteiger partial charge in [-0.15, -0.1) is 0 Å². The summed E-state index contributed by atoms with van der Waals surface area (Å²) in [7, 11) is 0. The number of nitrogens with one attached hydrogen (secondary N) is 1. The molecule has 3 aromatic rings. The van der Waals surface area contributed by atoms with E-state index in [9.17, 15) is 4.79 Å². The maximum Gasteiger partial charge on any atom is 0.159 e. The Hall–Kier alpha value is -3.01. The highest BCUT2D eigenvalue weighted by molar-refractivity contribution is 5.94. The molecule has 0 spiro atoms. The third kappa shape index (κ3) is 3.61. The topological polar surface area (TPSA) is 54.9 Å². The number of anilines is 2. The third-order valence-electron chi connectivity index (χ3n) is 3.47. The Morgan fingerprint density at radius 2 is 1.65 bits per heavy atom. The van der Waals surface area contributed by atoms with Gasteiger partial charge in [-0.3, -0.25) is 4.79 Å². The fraction of sp³-hybridized carbons (Fsp3) is 0.105. The van der Waals surface area contributed by atoms with E-state index in [1.54, 1.807) is 19.1 Å². The molecule has 2 aromatic carbocycles. The molecule has 1 N–H and O–H groups in total. The summed E-state index contributed by atoms with van der Waals surface area (Å²) in [6.07, 6.45) is 0. The molecule has 114 valence electrons. The number of benzene rings is 2. The third-order valence-corrected chi connectivity index (χ3v) is 3.47. The lowest BCUT2D eigenvalue weighted by atomic mass is 10.1. The smallest absolute Gasteiger partial charge is 0.159 e. The molecule has 0 atom stereocenters. The fourth-order valence-electron chi connectivity index (χ4n) is 2.32. The van der Waals surface area contributed by atoms with Crippen LogP contribution in [0.2, 0.25) is 0 Å². The lowest BCUT2D eigenvalue weighted by Crippen LogP contribution is -1.99. The van der Waals surface area contributed by atoms with Crippen LogP contribution in [0.1, 0.15) is 23.1 Å². The monoisotopic (exact) mass is 303 g/mol. The van der Waals surface area contributed by atoms with Crippen LogP contribution < -0.4 is 5.32 Å². The molecule has 0 unspecified atom stereocenters. The number of rotatable bonds is 4. The first-order valence-corrected chi connectivity index (χ1v) is 7.41. The summed E-state index contributed by atoms with van der Waals surface area (Å²) >= 11 is 0. The molecule has 3 rings (SSSR count). The number of aryl methyl sites for hydroxylation is 1. The molecule has 0 radical (unpaired) electrons. The van der Waals surface area contributed by atoms with Gasteiger partial charge in [-0.1, -0.05) is 30.3 Å². The lowest BCUT2D eigenvalue weighted by molar-refractivity contribution is 0.101. The first-order chi connectivity index (χ1) is 11.1. The summed E-state index contributed by atoms with van der Waals surface area (Å²) in [6, 6.07) is 19.3. The van der Waals surface area contributed by atoms with Gasteiger partial charge in [0.2, 0.25) is 0 Å². The molecule has 0 fully saturated rings. The number of carbonyl (C=O) groups is 1. The average Bonchev–Trinajstić information content (AvgIpc) is 2.55. The van der Waals surface area contributed by atoms with Crippen LogP contribution in [0.3, 0.4) is 0 Å². The molecule has 4 nitrogen and oxygen atoms in total. The van der Waals surface area contributed by atoms with E-state index in [2.05, 4.69) is 15.3 Å². The van der Waals surface area contributed by atoms with Crippen molar-refractivity contribution >= 4 is 17.3 Å². The van der Waals surface area contributed by atoms with Crippen LogP contribution in [0, 0.1) is 6.92 Å². The van der Waals surface area contributed by atoms with Crippen molar-refractivity contribution in [2.75, 3.05) is 5.32 Å². The number of hydrogen-bond donors (Lipinski definition) is 1. The molecule has 4 heteroatoms. The summed E-state index contributed by atoms with van der Waals surface area (Å²) in [4.78, 5) is 20.2. The van der Waals surface area contributed by atoms with Crippen LogP contribution in [0.25, 0.3) is 11.3 Å². The van der Waals surface area contributed by atoms with Crippen molar-refractivity contribution in [3.63, 3.8) is 0 Å². The Kier molecular flexibility index (Phi) is 4.15. The number of Topliss-reactive ketones (excluding diaryl/α,β-unsaturated/α-hetero) is 1.